The van der Waals surface area contributed by atoms with Crippen LogP contribution in [0.1, 0.15) is 6.92 Å². The minimum atomic E-state index is -0.635. The second kappa shape index (κ2) is 7.34. The van der Waals surface area contributed by atoms with Crippen molar-refractivity contribution >= 4 is 17.1 Å². The van der Waals surface area contributed by atoms with E-state index in [0.717, 1.165) is 32.2 Å². The summed E-state index contributed by atoms with van der Waals surface area (Å²) in [5, 5.41) is 24.9. The number of piperazine rings is 1. The minimum absolute atomic E-state index is 0.221. The van der Waals surface area contributed by atoms with E-state index >= 15 is 0 Å². The summed E-state index contributed by atoms with van der Waals surface area (Å²) < 4.78 is 0. The molecule has 1 saturated heterocycles. The fourth-order valence-corrected chi connectivity index (χ4v) is 2.58. The number of likely N-dealkylation sites (N-methyl/N-ethyl adjacent to an activating group) is 1. The summed E-state index contributed by atoms with van der Waals surface area (Å²) in [5.41, 5.74) is -0.249. The van der Waals surface area contributed by atoms with Gasteiger partial charge in [-0.05, 0) is 20.0 Å². The average Bonchev–Trinajstić information content (AvgIpc) is 2.52. The zero-order valence-electron chi connectivity index (χ0n) is 13.3. The van der Waals surface area contributed by atoms with E-state index in [1.54, 1.807) is 0 Å². The van der Waals surface area contributed by atoms with Gasteiger partial charge < -0.3 is 10.2 Å². The second-order valence-corrected chi connectivity index (χ2v) is 5.78. The predicted molar refractivity (Wildman–Crippen MR) is 86.8 cm³/mol. The van der Waals surface area contributed by atoms with Gasteiger partial charge in [0.05, 0.1) is 15.9 Å². The zero-order valence-corrected chi connectivity index (χ0v) is 13.3. The first-order chi connectivity index (χ1) is 10.9. The first-order valence-corrected chi connectivity index (χ1v) is 7.48. The number of nitro benzene ring substituents is 2. The summed E-state index contributed by atoms with van der Waals surface area (Å²) >= 11 is 0. The van der Waals surface area contributed by atoms with Crippen molar-refractivity contribution in [2.75, 3.05) is 45.1 Å². The largest absolute Gasteiger partial charge is 0.378 e. The Balaban J connectivity index is 2.02. The van der Waals surface area contributed by atoms with Crippen LogP contribution in [-0.2, 0) is 0 Å². The van der Waals surface area contributed by atoms with Crippen LogP contribution in [0.15, 0.2) is 18.2 Å². The van der Waals surface area contributed by atoms with Crippen molar-refractivity contribution in [3.63, 3.8) is 0 Å². The summed E-state index contributed by atoms with van der Waals surface area (Å²) in [6.07, 6.45) is 0. The van der Waals surface area contributed by atoms with Gasteiger partial charge in [0.15, 0.2) is 0 Å². The smallest absolute Gasteiger partial charge is 0.299 e. The third kappa shape index (κ3) is 4.36. The van der Waals surface area contributed by atoms with Gasteiger partial charge in [0.1, 0.15) is 5.69 Å². The van der Waals surface area contributed by atoms with Crippen molar-refractivity contribution < 1.29 is 9.85 Å². The molecule has 2 rings (SSSR count). The number of hydrogen-bond acceptors (Lipinski definition) is 7. The summed E-state index contributed by atoms with van der Waals surface area (Å²) in [7, 11) is 2.08. The van der Waals surface area contributed by atoms with E-state index in [4.69, 9.17) is 0 Å². The molecule has 9 heteroatoms. The van der Waals surface area contributed by atoms with Crippen molar-refractivity contribution in [2.45, 2.75) is 13.0 Å². The van der Waals surface area contributed by atoms with Crippen LogP contribution in [0.3, 0.4) is 0 Å². The molecule has 0 amide bonds. The summed E-state index contributed by atoms with van der Waals surface area (Å²) in [6.45, 7) is 6.53. The quantitative estimate of drug-likeness (QED) is 0.625. The molecule has 9 nitrogen and oxygen atoms in total. The van der Waals surface area contributed by atoms with Crippen molar-refractivity contribution in [3.05, 3.63) is 38.4 Å². The Morgan fingerprint density at radius 3 is 2.39 bits per heavy atom. The van der Waals surface area contributed by atoms with E-state index in [-0.39, 0.29) is 17.4 Å². The Morgan fingerprint density at radius 2 is 1.83 bits per heavy atom. The molecule has 1 fully saturated rings. The molecule has 1 aliphatic rings. The predicted octanol–water partition coefficient (Wildman–Crippen LogP) is 1.55. The van der Waals surface area contributed by atoms with Crippen molar-refractivity contribution in [1.82, 2.24) is 9.80 Å². The van der Waals surface area contributed by atoms with Crippen molar-refractivity contribution in [2.24, 2.45) is 0 Å². The lowest BCUT2D eigenvalue weighted by Gasteiger charge is -2.36. The Morgan fingerprint density at radius 1 is 1.17 bits per heavy atom. The van der Waals surface area contributed by atoms with Gasteiger partial charge in [0.2, 0.25) is 0 Å². The molecular weight excluding hydrogens is 302 g/mol. The van der Waals surface area contributed by atoms with Crippen LogP contribution < -0.4 is 5.32 Å². The number of rotatable bonds is 6. The van der Waals surface area contributed by atoms with Crippen molar-refractivity contribution in [1.29, 1.82) is 0 Å². The molecule has 1 unspecified atom stereocenters. The van der Waals surface area contributed by atoms with Gasteiger partial charge in [0.25, 0.3) is 11.4 Å². The maximum absolute atomic E-state index is 11.1. The SMILES string of the molecule is CC(CNc1ccc([N+](=O)[O-])cc1[N+](=O)[O-])N1CCN(C)CC1. The lowest BCUT2D eigenvalue weighted by molar-refractivity contribution is -0.393. The third-order valence-electron chi connectivity index (χ3n) is 4.14. The van der Waals surface area contributed by atoms with Gasteiger partial charge in [0, 0.05) is 44.8 Å². The van der Waals surface area contributed by atoms with Crippen LogP contribution in [-0.4, -0.2) is 65.5 Å². The average molecular weight is 323 g/mol. The monoisotopic (exact) mass is 323 g/mol. The number of nitro groups is 2. The lowest BCUT2D eigenvalue weighted by Crippen LogP contribution is -2.49. The van der Waals surface area contributed by atoms with Crippen LogP contribution in [0.5, 0.6) is 0 Å². The molecule has 1 aromatic rings. The standard InChI is InChI=1S/C14H21N5O4/c1-11(17-7-5-16(2)6-8-17)10-15-13-4-3-12(18(20)21)9-14(13)19(22)23/h3-4,9,11,15H,5-8,10H2,1-2H3. The zero-order chi connectivity index (χ0) is 17.0. The molecule has 1 heterocycles. The van der Waals surface area contributed by atoms with Crippen LogP contribution in [0, 0.1) is 20.2 Å². The van der Waals surface area contributed by atoms with Crippen LogP contribution in [0.25, 0.3) is 0 Å². The first-order valence-electron chi connectivity index (χ1n) is 7.48. The highest BCUT2D eigenvalue weighted by atomic mass is 16.6. The number of hydrogen-bond donors (Lipinski definition) is 1. The molecule has 126 valence electrons. The number of non-ortho nitro benzene ring substituents is 1. The lowest BCUT2D eigenvalue weighted by atomic mass is 10.2. The van der Waals surface area contributed by atoms with E-state index in [2.05, 4.69) is 29.1 Å². The normalized spacial score (nSPS) is 17.7. The third-order valence-corrected chi connectivity index (χ3v) is 4.14. The van der Waals surface area contributed by atoms with Crippen LogP contribution >= 0.6 is 0 Å². The maximum atomic E-state index is 11.1. The Hall–Kier alpha value is -2.26. The number of anilines is 1. The molecule has 1 atom stereocenters. The molecule has 0 spiro atoms. The molecular formula is C14H21N5O4. The van der Waals surface area contributed by atoms with Crippen LogP contribution in [0.4, 0.5) is 17.1 Å². The highest BCUT2D eigenvalue weighted by Gasteiger charge is 2.22. The molecule has 23 heavy (non-hydrogen) atoms. The maximum Gasteiger partial charge on any atom is 0.299 e. The topological polar surface area (TPSA) is 105 Å². The highest BCUT2D eigenvalue weighted by Crippen LogP contribution is 2.29. The highest BCUT2D eigenvalue weighted by molar-refractivity contribution is 5.65. The molecule has 1 aliphatic heterocycles. The number of nitrogens with one attached hydrogen (secondary N) is 1. The van der Waals surface area contributed by atoms with Gasteiger partial charge in [-0.2, -0.15) is 0 Å². The van der Waals surface area contributed by atoms with E-state index in [1.807, 2.05) is 0 Å². The molecule has 0 aliphatic carbocycles. The molecule has 0 saturated carbocycles. The number of nitrogens with zero attached hydrogens (tertiary/aromatic N) is 4. The Kier molecular flexibility index (Phi) is 5.45. The summed E-state index contributed by atoms with van der Waals surface area (Å²) in [6, 6.07) is 3.88. The van der Waals surface area contributed by atoms with Gasteiger partial charge in [-0.3, -0.25) is 25.1 Å². The Labute approximate surface area is 134 Å². The molecule has 0 radical (unpaired) electrons. The second-order valence-electron chi connectivity index (χ2n) is 5.78. The van der Waals surface area contributed by atoms with Gasteiger partial charge >= 0.3 is 0 Å². The van der Waals surface area contributed by atoms with Gasteiger partial charge in [-0.1, -0.05) is 0 Å². The number of benzene rings is 1. The van der Waals surface area contributed by atoms with E-state index in [1.165, 1.54) is 12.1 Å². The fourth-order valence-electron chi connectivity index (χ4n) is 2.58. The first kappa shape index (κ1) is 17.1. The van der Waals surface area contributed by atoms with Gasteiger partial charge in [-0.25, -0.2) is 0 Å². The fraction of sp³-hybridized carbons (Fsp3) is 0.571. The summed E-state index contributed by atoms with van der Waals surface area (Å²) in [4.78, 5) is 25.2. The molecule has 1 aromatic carbocycles. The molecule has 0 bridgehead atoms. The molecule has 0 aromatic heterocycles. The minimum Gasteiger partial charge on any atom is -0.378 e. The Bertz CT molecular complexity index is 587. The van der Waals surface area contributed by atoms with Crippen molar-refractivity contribution in [3.8, 4) is 0 Å². The van der Waals surface area contributed by atoms with E-state index in [0.29, 0.717) is 12.2 Å². The molecule has 1 N–H and O–H groups in total. The summed E-state index contributed by atoms with van der Waals surface area (Å²) in [5.74, 6) is 0. The van der Waals surface area contributed by atoms with E-state index < -0.39 is 9.85 Å². The van der Waals surface area contributed by atoms with Crippen LogP contribution in [0.2, 0.25) is 0 Å². The van der Waals surface area contributed by atoms with Gasteiger partial charge in [-0.15, -0.1) is 0 Å². The van der Waals surface area contributed by atoms with E-state index in [9.17, 15) is 20.2 Å².